The van der Waals surface area contributed by atoms with Crippen molar-refractivity contribution in [1.29, 1.82) is 0 Å². The van der Waals surface area contributed by atoms with E-state index in [4.69, 9.17) is 23.7 Å². The Morgan fingerprint density at radius 2 is 1.84 bits per heavy atom. The van der Waals surface area contributed by atoms with Crippen LogP contribution in [0.2, 0.25) is 0 Å². The number of hydrogen-bond donors (Lipinski definition) is 0. The van der Waals surface area contributed by atoms with E-state index in [1.807, 2.05) is 0 Å². The maximum atomic E-state index is 13.0. The molecule has 0 saturated carbocycles. The lowest BCUT2D eigenvalue weighted by Crippen LogP contribution is -2.59. The van der Waals surface area contributed by atoms with Gasteiger partial charge < -0.3 is 23.7 Å². The second kappa shape index (κ2) is 5.39. The molecule has 3 aliphatic rings. The van der Waals surface area contributed by atoms with E-state index >= 15 is 0 Å². The molecule has 0 aromatic rings. The van der Waals surface area contributed by atoms with Gasteiger partial charge in [-0.1, -0.05) is 0 Å². The Morgan fingerprint density at radius 1 is 1.20 bits per heavy atom. The molecule has 3 heterocycles. The summed E-state index contributed by atoms with van der Waals surface area (Å²) in [6.45, 7) is 12.3. The molecule has 0 aromatic heterocycles. The van der Waals surface area contributed by atoms with Crippen LogP contribution in [0.3, 0.4) is 0 Å². The van der Waals surface area contributed by atoms with Crippen molar-refractivity contribution in [3.8, 4) is 0 Å². The summed E-state index contributed by atoms with van der Waals surface area (Å²) < 4.78 is 28.5. The number of hydrogen-bond acceptors (Lipinski definition) is 7. The molecule has 0 radical (unpaired) electrons. The van der Waals surface area contributed by atoms with Gasteiger partial charge in [0, 0.05) is 0 Å². The second-order valence-electron chi connectivity index (χ2n) is 8.64. The largest absolute Gasteiger partial charge is 0.444 e. The Bertz CT molecular complexity index is 594. The van der Waals surface area contributed by atoms with Gasteiger partial charge in [0.2, 0.25) is 5.78 Å². The predicted octanol–water partition coefficient (Wildman–Crippen LogP) is 1.81. The van der Waals surface area contributed by atoms with E-state index in [-0.39, 0.29) is 18.9 Å². The van der Waals surface area contributed by atoms with Crippen LogP contribution in [0.15, 0.2) is 0 Å². The third-order valence-electron chi connectivity index (χ3n) is 4.34. The van der Waals surface area contributed by atoms with Crippen molar-refractivity contribution in [3.05, 3.63) is 0 Å². The minimum Gasteiger partial charge on any atom is -0.444 e. The van der Waals surface area contributed by atoms with Crippen LogP contribution in [-0.2, 0) is 28.5 Å². The Morgan fingerprint density at radius 3 is 2.44 bits per heavy atom. The molecule has 1 amide bonds. The molecular formula is C17H27NO7. The summed E-state index contributed by atoms with van der Waals surface area (Å²) in [6.07, 6.45) is -1.81. The zero-order chi connectivity index (χ0) is 18.8. The van der Waals surface area contributed by atoms with Gasteiger partial charge in [-0.2, -0.15) is 0 Å². The first kappa shape index (κ1) is 18.6. The molecule has 8 heteroatoms. The Kier molecular flexibility index (Phi) is 4.00. The van der Waals surface area contributed by atoms with E-state index in [1.54, 1.807) is 48.5 Å². The summed E-state index contributed by atoms with van der Waals surface area (Å²) >= 11 is 0. The molecule has 142 valence electrons. The smallest absolute Gasteiger partial charge is 0.412 e. The van der Waals surface area contributed by atoms with Crippen molar-refractivity contribution < 1.29 is 33.3 Å². The Hall–Kier alpha value is -1.22. The van der Waals surface area contributed by atoms with Crippen molar-refractivity contribution in [2.75, 3.05) is 13.2 Å². The number of Topliss-reactive ketones (excluding diaryl/α,β-unsaturated/α-hetero) is 1. The number of fused-ring (bicyclic) bond motifs is 1. The topological polar surface area (TPSA) is 83.5 Å². The van der Waals surface area contributed by atoms with E-state index in [0.717, 1.165) is 0 Å². The van der Waals surface area contributed by atoms with Crippen molar-refractivity contribution in [2.24, 2.45) is 0 Å². The highest BCUT2D eigenvalue weighted by Crippen LogP contribution is 2.43. The van der Waals surface area contributed by atoms with Crippen LogP contribution in [0.5, 0.6) is 0 Å². The first-order valence-corrected chi connectivity index (χ1v) is 8.49. The van der Waals surface area contributed by atoms with Gasteiger partial charge in [-0.3, -0.25) is 9.69 Å². The van der Waals surface area contributed by atoms with Gasteiger partial charge in [-0.15, -0.1) is 0 Å². The zero-order valence-corrected chi connectivity index (χ0v) is 15.9. The van der Waals surface area contributed by atoms with Crippen LogP contribution in [0, 0.1) is 0 Å². The summed E-state index contributed by atoms with van der Waals surface area (Å²) in [5.74, 6) is -2.79. The highest BCUT2D eigenvalue weighted by Gasteiger charge is 2.64. The summed E-state index contributed by atoms with van der Waals surface area (Å²) in [5.41, 5.74) is -1.71. The van der Waals surface area contributed by atoms with Gasteiger partial charge in [0.1, 0.15) is 17.4 Å². The molecule has 3 fully saturated rings. The van der Waals surface area contributed by atoms with Gasteiger partial charge in [-0.25, -0.2) is 4.79 Å². The van der Waals surface area contributed by atoms with E-state index in [2.05, 4.69) is 0 Å². The molecule has 0 aromatic carbocycles. The first-order chi connectivity index (χ1) is 11.2. The van der Waals surface area contributed by atoms with Crippen molar-refractivity contribution >= 4 is 11.9 Å². The standard InChI is InChI=1S/C17H27NO7/c1-14(2,3)24-13(20)18-9-17(25-15(18,4)5)12(19)11-10(8-21-17)22-16(6,7)23-11/h10-11H,8-9H2,1-7H3/t10-,11-,17+/m1/s1. The van der Waals surface area contributed by atoms with Crippen LogP contribution in [-0.4, -0.2) is 65.0 Å². The fourth-order valence-electron chi connectivity index (χ4n) is 3.38. The summed E-state index contributed by atoms with van der Waals surface area (Å²) in [4.78, 5) is 26.9. The number of nitrogens with zero attached hydrogens (tertiary/aromatic N) is 1. The third-order valence-corrected chi connectivity index (χ3v) is 4.34. The number of carbonyl (C=O) groups excluding carboxylic acids is 2. The lowest BCUT2D eigenvalue weighted by atomic mass is 9.99. The third kappa shape index (κ3) is 3.28. The number of ether oxygens (including phenoxy) is 5. The molecule has 3 saturated heterocycles. The van der Waals surface area contributed by atoms with Gasteiger partial charge in [0.25, 0.3) is 5.79 Å². The van der Waals surface area contributed by atoms with Crippen LogP contribution < -0.4 is 0 Å². The molecule has 3 aliphatic heterocycles. The van der Waals surface area contributed by atoms with Crippen LogP contribution >= 0.6 is 0 Å². The summed E-state index contributed by atoms with van der Waals surface area (Å²) in [7, 11) is 0. The van der Waals surface area contributed by atoms with E-state index in [0.29, 0.717) is 0 Å². The van der Waals surface area contributed by atoms with Crippen LogP contribution in [0.1, 0.15) is 48.5 Å². The molecule has 1 spiro atoms. The number of amides is 1. The van der Waals surface area contributed by atoms with E-state index in [9.17, 15) is 9.59 Å². The predicted molar refractivity (Wildman–Crippen MR) is 85.6 cm³/mol. The summed E-state index contributed by atoms with van der Waals surface area (Å²) in [5, 5.41) is 0. The lowest BCUT2D eigenvalue weighted by molar-refractivity contribution is -0.257. The maximum absolute atomic E-state index is 13.0. The van der Waals surface area contributed by atoms with E-state index in [1.165, 1.54) is 4.90 Å². The monoisotopic (exact) mass is 357 g/mol. The van der Waals surface area contributed by atoms with Gasteiger partial charge in [0.15, 0.2) is 11.9 Å². The van der Waals surface area contributed by atoms with E-state index < -0.39 is 41.2 Å². The second-order valence-corrected chi connectivity index (χ2v) is 8.64. The minimum absolute atomic E-state index is 0.0548. The first-order valence-electron chi connectivity index (χ1n) is 8.49. The van der Waals surface area contributed by atoms with Crippen molar-refractivity contribution in [2.45, 2.75) is 83.6 Å². The molecule has 25 heavy (non-hydrogen) atoms. The average molecular weight is 357 g/mol. The lowest BCUT2D eigenvalue weighted by Gasteiger charge is -2.35. The molecule has 0 aliphatic carbocycles. The van der Waals surface area contributed by atoms with Crippen molar-refractivity contribution in [1.82, 2.24) is 4.90 Å². The molecule has 0 N–H and O–H groups in total. The average Bonchev–Trinajstić information content (AvgIpc) is 2.87. The molecule has 3 rings (SSSR count). The van der Waals surface area contributed by atoms with Crippen LogP contribution in [0.4, 0.5) is 4.79 Å². The SMILES string of the molecule is CC(C)(C)OC(=O)N1C[C@]2(OC[C@H]3OC(C)(C)O[C@H]3C2=O)OC1(C)C. The van der Waals surface area contributed by atoms with Gasteiger partial charge in [-0.05, 0) is 48.5 Å². The highest BCUT2D eigenvalue weighted by atomic mass is 16.8. The zero-order valence-electron chi connectivity index (χ0n) is 15.9. The Labute approximate surface area is 147 Å². The fraction of sp³-hybridized carbons (Fsp3) is 0.882. The van der Waals surface area contributed by atoms with Gasteiger partial charge in [0.05, 0.1) is 13.2 Å². The molecule has 0 unspecified atom stereocenters. The number of rotatable bonds is 0. The molecular weight excluding hydrogens is 330 g/mol. The molecule has 3 atom stereocenters. The van der Waals surface area contributed by atoms with Gasteiger partial charge >= 0.3 is 6.09 Å². The van der Waals surface area contributed by atoms with Crippen molar-refractivity contribution in [3.63, 3.8) is 0 Å². The number of carbonyl (C=O) groups is 2. The maximum Gasteiger partial charge on any atom is 0.412 e. The molecule has 8 nitrogen and oxygen atoms in total. The number of ketones is 1. The Balaban J connectivity index is 1.82. The quantitative estimate of drug-likeness (QED) is 0.654. The van der Waals surface area contributed by atoms with Crippen LogP contribution in [0.25, 0.3) is 0 Å². The minimum atomic E-state index is -1.56. The normalized spacial score (nSPS) is 36.6. The highest BCUT2D eigenvalue weighted by molar-refractivity contribution is 5.92. The molecule has 0 bridgehead atoms. The summed E-state index contributed by atoms with van der Waals surface area (Å²) in [6, 6.07) is 0. The fourth-order valence-corrected chi connectivity index (χ4v) is 3.38.